The predicted octanol–water partition coefficient (Wildman–Crippen LogP) is 4.81. The SMILES string of the molecule is C[C@H](CCC(=O)O)[C@H]1CC[C@H]2[C@@H]3CCC4=CC(=O)CC[C@]4(C)[C@H]3CC(=O)[C@]12C. The van der Waals surface area contributed by atoms with E-state index in [0.717, 1.165) is 32.1 Å². The van der Waals surface area contributed by atoms with E-state index in [9.17, 15) is 14.4 Å². The quantitative estimate of drug-likeness (QED) is 0.752. The van der Waals surface area contributed by atoms with Crippen LogP contribution in [-0.2, 0) is 14.4 Å². The first kappa shape index (κ1) is 19.8. The lowest BCUT2D eigenvalue weighted by Crippen LogP contribution is -2.55. The molecule has 4 aliphatic carbocycles. The molecule has 0 aromatic rings. The fourth-order valence-corrected chi connectivity index (χ4v) is 7.76. The molecule has 3 fully saturated rings. The number of allylic oxidation sites excluding steroid dienone is 1. The lowest BCUT2D eigenvalue weighted by Gasteiger charge is -2.57. The van der Waals surface area contributed by atoms with Gasteiger partial charge in [-0.25, -0.2) is 0 Å². The summed E-state index contributed by atoms with van der Waals surface area (Å²) in [6.07, 6.45) is 9.16. The molecule has 4 rings (SSSR count). The lowest BCUT2D eigenvalue weighted by molar-refractivity contribution is -0.148. The zero-order chi connectivity index (χ0) is 20.3. The van der Waals surface area contributed by atoms with Crippen LogP contribution in [0, 0.1) is 40.4 Å². The van der Waals surface area contributed by atoms with Crippen molar-refractivity contribution in [3.05, 3.63) is 11.6 Å². The average molecular weight is 387 g/mol. The maximum atomic E-state index is 13.6. The number of Topliss-reactive ketones (excluding diaryl/α,β-unsaturated/α-hetero) is 1. The number of carbonyl (C=O) groups is 3. The van der Waals surface area contributed by atoms with Crippen LogP contribution in [0.1, 0.15) is 78.6 Å². The first-order valence-electron chi connectivity index (χ1n) is 11.2. The molecule has 7 atom stereocenters. The van der Waals surface area contributed by atoms with Crippen LogP contribution in [-0.4, -0.2) is 22.6 Å². The van der Waals surface area contributed by atoms with Crippen molar-refractivity contribution in [2.45, 2.75) is 78.6 Å². The van der Waals surface area contributed by atoms with E-state index in [1.54, 1.807) is 0 Å². The summed E-state index contributed by atoms with van der Waals surface area (Å²) in [4.78, 5) is 36.6. The van der Waals surface area contributed by atoms with Crippen molar-refractivity contribution in [2.24, 2.45) is 40.4 Å². The third-order valence-corrected chi connectivity index (χ3v) is 9.39. The van der Waals surface area contributed by atoms with Crippen molar-refractivity contribution in [1.82, 2.24) is 0 Å². The van der Waals surface area contributed by atoms with Gasteiger partial charge in [-0.3, -0.25) is 14.4 Å². The number of aliphatic carboxylic acids is 1. The first-order chi connectivity index (χ1) is 13.2. The first-order valence-corrected chi connectivity index (χ1v) is 11.2. The van der Waals surface area contributed by atoms with Gasteiger partial charge in [0, 0.05) is 24.7 Å². The highest BCUT2D eigenvalue weighted by Crippen LogP contribution is 2.66. The Morgan fingerprint density at radius 2 is 1.93 bits per heavy atom. The van der Waals surface area contributed by atoms with Crippen LogP contribution in [0.2, 0.25) is 0 Å². The second kappa shape index (κ2) is 6.81. The van der Waals surface area contributed by atoms with Crippen molar-refractivity contribution >= 4 is 17.5 Å². The number of carboxylic acid groups (broad SMARTS) is 1. The molecule has 28 heavy (non-hydrogen) atoms. The van der Waals surface area contributed by atoms with Gasteiger partial charge in [-0.05, 0) is 79.6 Å². The van der Waals surface area contributed by atoms with Crippen molar-refractivity contribution < 1.29 is 19.5 Å². The van der Waals surface area contributed by atoms with Crippen LogP contribution < -0.4 is 0 Å². The smallest absolute Gasteiger partial charge is 0.303 e. The molecule has 0 amide bonds. The van der Waals surface area contributed by atoms with E-state index in [4.69, 9.17) is 5.11 Å². The molecule has 4 nitrogen and oxygen atoms in total. The maximum absolute atomic E-state index is 13.6. The third kappa shape index (κ3) is 2.81. The Balaban J connectivity index is 1.61. The van der Waals surface area contributed by atoms with Crippen molar-refractivity contribution in [1.29, 1.82) is 0 Å². The number of hydrogen-bond acceptors (Lipinski definition) is 3. The van der Waals surface area contributed by atoms with Gasteiger partial charge in [0.15, 0.2) is 5.78 Å². The molecule has 0 saturated heterocycles. The molecule has 3 saturated carbocycles. The predicted molar refractivity (Wildman–Crippen MR) is 107 cm³/mol. The van der Waals surface area contributed by atoms with Gasteiger partial charge in [-0.1, -0.05) is 26.3 Å². The molecule has 0 aliphatic heterocycles. The van der Waals surface area contributed by atoms with Crippen LogP contribution in [0.15, 0.2) is 11.6 Å². The van der Waals surface area contributed by atoms with Crippen LogP contribution >= 0.6 is 0 Å². The largest absolute Gasteiger partial charge is 0.481 e. The minimum absolute atomic E-state index is 0.0147. The number of ketones is 2. The molecule has 0 radical (unpaired) electrons. The van der Waals surface area contributed by atoms with Crippen LogP contribution in [0.25, 0.3) is 0 Å². The fraction of sp³-hybridized carbons (Fsp3) is 0.792. The summed E-state index contributed by atoms with van der Waals surface area (Å²) in [6, 6.07) is 0. The molecular formula is C24H34O4. The summed E-state index contributed by atoms with van der Waals surface area (Å²) in [5.74, 6) is 1.86. The van der Waals surface area contributed by atoms with E-state index in [2.05, 4.69) is 20.8 Å². The van der Waals surface area contributed by atoms with E-state index in [1.807, 2.05) is 6.08 Å². The molecular weight excluding hydrogens is 352 g/mol. The summed E-state index contributed by atoms with van der Waals surface area (Å²) in [5, 5.41) is 9.07. The van der Waals surface area contributed by atoms with Gasteiger partial charge < -0.3 is 5.11 Å². The molecule has 0 heterocycles. The van der Waals surface area contributed by atoms with Crippen LogP contribution in [0.3, 0.4) is 0 Å². The Morgan fingerprint density at radius 3 is 2.64 bits per heavy atom. The second-order valence-corrected chi connectivity index (χ2v) is 10.5. The van der Waals surface area contributed by atoms with Crippen molar-refractivity contribution in [2.75, 3.05) is 0 Å². The summed E-state index contributed by atoms with van der Waals surface area (Å²) in [6.45, 7) is 6.65. The Hall–Kier alpha value is -1.45. The van der Waals surface area contributed by atoms with Gasteiger partial charge in [-0.2, -0.15) is 0 Å². The molecule has 0 aromatic carbocycles. The van der Waals surface area contributed by atoms with Gasteiger partial charge in [0.2, 0.25) is 0 Å². The third-order valence-electron chi connectivity index (χ3n) is 9.39. The van der Waals surface area contributed by atoms with E-state index >= 15 is 0 Å². The Labute approximate surface area is 168 Å². The van der Waals surface area contributed by atoms with E-state index in [0.29, 0.717) is 48.7 Å². The molecule has 0 aromatic heterocycles. The summed E-state index contributed by atoms with van der Waals surface area (Å²) in [5.41, 5.74) is 1.02. The Bertz CT molecular complexity index is 737. The molecule has 0 unspecified atom stereocenters. The molecule has 0 spiro atoms. The molecule has 1 N–H and O–H groups in total. The van der Waals surface area contributed by atoms with Crippen LogP contribution in [0.4, 0.5) is 0 Å². The second-order valence-electron chi connectivity index (χ2n) is 10.5. The van der Waals surface area contributed by atoms with Gasteiger partial charge in [0.1, 0.15) is 5.78 Å². The Kier molecular flexibility index (Phi) is 4.83. The zero-order valence-corrected chi connectivity index (χ0v) is 17.5. The number of carboxylic acids is 1. The van der Waals surface area contributed by atoms with Gasteiger partial charge in [0.05, 0.1) is 0 Å². The van der Waals surface area contributed by atoms with Gasteiger partial charge in [-0.15, -0.1) is 0 Å². The number of fused-ring (bicyclic) bond motifs is 5. The summed E-state index contributed by atoms with van der Waals surface area (Å²) in [7, 11) is 0. The lowest BCUT2D eigenvalue weighted by atomic mass is 9.46. The number of rotatable bonds is 4. The summed E-state index contributed by atoms with van der Waals surface area (Å²) < 4.78 is 0. The number of hydrogen-bond donors (Lipinski definition) is 1. The molecule has 4 aliphatic rings. The normalized spacial score (nSPS) is 43.6. The molecule has 0 bridgehead atoms. The molecule has 4 heteroatoms. The zero-order valence-electron chi connectivity index (χ0n) is 17.5. The Morgan fingerprint density at radius 1 is 1.18 bits per heavy atom. The van der Waals surface area contributed by atoms with Crippen molar-refractivity contribution in [3.63, 3.8) is 0 Å². The highest BCUT2D eigenvalue weighted by molar-refractivity contribution is 5.92. The van der Waals surface area contributed by atoms with Gasteiger partial charge >= 0.3 is 5.97 Å². The minimum atomic E-state index is -0.743. The topological polar surface area (TPSA) is 71.4 Å². The summed E-state index contributed by atoms with van der Waals surface area (Å²) >= 11 is 0. The van der Waals surface area contributed by atoms with Crippen LogP contribution in [0.5, 0.6) is 0 Å². The fourth-order valence-electron chi connectivity index (χ4n) is 7.76. The maximum Gasteiger partial charge on any atom is 0.303 e. The average Bonchev–Trinajstić information content (AvgIpc) is 3.00. The van der Waals surface area contributed by atoms with E-state index < -0.39 is 5.97 Å². The number of carbonyl (C=O) groups excluding carboxylic acids is 2. The van der Waals surface area contributed by atoms with E-state index in [1.165, 1.54) is 5.57 Å². The monoisotopic (exact) mass is 386 g/mol. The van der Waals surface area contributed by atoms with E-state index in [-0.39, 0.29) is 29.0 Å². The minimum Gasteiger partial charge on any atom is -0.481 e. The molecule has 154 valence electrons. The highest BCUT2D eigenvalue weighted by atomic mass is 16.4. The highest BCUT2D eigenvalue weighted by Gasteiger charge is 2.63. The standard InChI is InChI=1S/C24H34O4/c1-14(4-9-22(27)28)18-7-8-19-17-6-5-15-12-16(25)10-11-23(15,2)20(17)13-21(26)24(18,19)3/h12,14,17-20H,4-11,13H2,1-3H3,(H,27,28)/t14-,17+,18-,19+,20+,23+,24-/m1/s1. The van der Waals surface area contributed by atoms with Crippen molar-refractivity contribution in [3.8, 4) is 0 Å². The van der Waals surface area contributed by atoms with Gasteiger partial charge in [0.25, 0.3) is 0 Å².